The Bertz CT molecular complexity index is 3460. The predicted molar refractivity (Wildman–Crippen MR) is 337 cm³/mol. The monoisotopic (exact) mass is 1190 g/mol. The SMILES string of the molecule is CCC1(O)CCC(c2nc3c(-c4ccc(-c5ccccc5)nc4)cnn3c(N)c2C(C)=O)CC1.C[Si](C)(C)CCOCN(COCC[Si](C)(C)C)c1cc(C2CCC(O)(CO)CC2)nc2c(-c3ccc(-c4ccccc4)nc3)cnn12.O=S=O. The molecule has 10 rings (SSSR count). The van der Waals surface area contributed by atoms with Crippen molar-refractivity contribution in [2.75, 3.05) is 43.9 Å². The van der Waals surface area contributed by atoms with Gasteiger partial charge < -0.3 is 35.4 Å². The molecular weight excluding hydrogens is 1110 g/mol. The van der Waals surface area contributed by atoms with Gasteiger partial charge in [0.05, 0.1) is 52.8 Å². The Morgan fingerprint density at radius 2 is 1.13 bits per heavy atom. The topological polar surface area (TPSA) is 246 Å². The van der Waals surface area contributed by atoms with Crippen LogP contribution in [0.15, 0.2) is 116 Å². The number of aliphatic hydroxyl groups excluding tert-OH is 1. The quantitative estimate of drug-likeness (QED) is 0.0240. The minimum Gasteiger partial charge on any atom is -0.393 e. The predicted octanol–water partition coefficient (Wildman–Crippen LogP) is 11.6. The molecule has 2 aromatic carbocycles. The minimum atomic E-state index is -1.25. The Balaban J connectivity index is 0.000000219. The summed E-state index contributed by atoms with van der Waals surface area (Å²) in [6.07, 6.45) is 13.5. The van der Waals surface area contributed by atoms with Gasteiger partial charge in [0.2, 0.25) is 0 Å². The number of benzene rings is 2. The number of ketones is 1. The smallest absolute Gasteiger partial charge is 0.335 e. The van der Waals surface area contributed by atoms with Crippen LogP contribution in [0.4, 0.5) is 11.6 Å². The van der Waals surface area contributed by atoms with E-state index in [2.05, 4.69) is 78.5 Å². The first-order chi connectivity index (χ1) is 40.2. The van der Waals surface area contributed by atoms with E-state index in [0.29, 0.717) is 75.1 Å². The van der Waals surface area contributed by atoms with Crippen molar-refractivity contribution in [3.8, 4) is 44.8 Å². The average molecular weight is 1200 g/mol. The van der Waals surface area contributed by atoms with Crippen LogP contribution in [0, 0.1) is 0 Å². The van der Waals surface area contributed by atoms with Gasteiger partial charge in [0, 0.05) is 98.7 Å². The molecule has 2 aliphatic rings. The highest BCUT2D eigenvalue weighted by atomic mass is 32.1. The zero-order valence-corrected chi connectivity index (χ0v) is 52.6. The lowest BCUT2D eigenvalue weighted by Crippen LogP contribution is -2.37. The molecule has 2 aliphatic carbocycles. The second-order valence-electron chi connectivity index (χ2n) is 24.8. The van der Waals surface area contributed by atoms with Crippen molar-refractivity contribution >= 4 is 56.4 Å². The lowest BCUT2D eigenvalue weighted by molar-refractivity contribution is -0.0458. The third-order valence-electron chi connectivity index (χ3n) is 16.2. The fourth-order valence-corrected chi connectivity index (χ4v) is 12.3. The zero-order valence-electron chi connectivity index (χ0n) is 49.8. The summed E-state index contributed by atoms with van der Waals surface area (Å²) in [4.78, 5) is 34.3. The molecular formula is C63H82N10O8SSi2. The molecule has 0 unspecified atom stereocenters. The molecule has 0 aliphatic heterocycles. The molecule has 6 aromatic heterocycles. The molecule has 21 heteroatoms. The summed E-state index contributed by atoms with van der Waals surface area (Å²) in [5, 5.41) is 40.5. The Morgan fingerprint density at radius 1 is 0.667 bits per heavy atom. The third kappa shape index (κ3) is 16.0. The van der Waals surface area contributed by atoms with Crippen molar-refractivity contribution in [1.82, 2.24) is 39.2 Å². The van der Waals surface area contributed by atoms with E-state index >= 15 is 0 Å². The fourth-order valence-electron chi connectivity index (χ4n) is 10.8. The molecule has 0 amide bonds. The second kappa shape index (κ2) is 28.0. The van der Waals surface area contributed by atoms with Gasteiger partial charge in [0.15, 0.2) is 17.1 Å². The van der Waals surface area contributed by atoms with E-state index in [4.69, 9.17) is 43.7 Å². The molecule has 84 heavy (non-hydrogen) atoms. The number of rotatable bonds is 20. The lowest BCUT2D eigenvalue weighted by atomic mass is 9.75. The molecule has 6 heterocycles. The minimum absolute atomic E-state index is 0.0688. The van der Waals surface area contributed by atoms with Gasteiger partial charge >= 0.3 is 11.6 Å². The second-order valence-corrected chi connectivity index (χ2v) is 36.2. The number of nitrogen functional groups attached to an aromatic ring is 1. The molecule has 0 spiro atoms. The van der Waals surface area contributed by atoms with E-state index in [1.165, 1.54) is 6.92 Å². The Kier molecular flexibility index (Phi) is 21.1. The van der Waals surface area contributed by atoms with Crippen LogP contribution in [-0.2, 0) is 21.0 Å². The maximum atomic E-state index is 12.6. The number of aliphatic hydroxyl groups is 3. The molecule has 0 bridgehead atoms. The van der Waals surface area contributed by atoms with Crippen LogP contribution < -0.4 is 10.6 Å². The highest BCUT2D eigenvalue weighted by Gasteiger charge is 2.36. The van der Waals surface area contributed by atoms with E-state index in [9.17, 15) is 20.1 Å². The number of nitrogens with two attached hydrogens (primary N) is 1. The first kappa shape index (κ1) is 63.3. The summed E-state index contributed by atoms with van der Waals surface area (Å²) in [6.45, 7) is 19.7. The number of pyridine rings is 2. The third-order valence-corrected chi connectivity index (χ3v) is 19.6. The molecule has 446 valence electrons. The highest BCUT2D eigenvalue weighted by molar-refractivity contribution is 7.51. The maximum Gasteiger partial charge on any atom is 0.335 e. The number of carbonyl (C=O) groups excluding carboxylic acids is 1. The molecule has 0 saturated heterocycles. The number of hydrogen-bond acceptors (Lipinski definition) is 16. The molecule has 2 saturated carbocycles. The van der Waals surface area contributed by atoms with Gasteiger partial charge in [0.25, 0.3) is 0 Å². The lowest BCUT2D eigenvalue weighted by Gasteiger charge is -2.35. The fraction of sp³-hybridized carbons (Fsp3) is 0.444. The summed E-state index contributed by atoms with van der Waals surface area (Å²) >= 11 is -0.750. The number of ether oxygens (including phenoxy) is 2. The van der Waals surface area contributed by atoms with Crippen LogP contribution in [-0.4, -0.2) is 129 Å². The van der Waals surface area contributed by atoms with Gasteiger partial charge in [-0.3, -0.25) is 14.8 Å². The van der Waals surface area contributed by atoms with E-state index in [0.717, 1.165) is 106 Å². The summed E-state index contributed by atoms with van der Waals surface area (Å²) in [5.41, 5.74) is 15.8. The molecule has 18 nitrogen and oxygen atoms in total. The van der Waals surface area contributed by atoms with Crippen molar-refractivity contribution in [2.24, 2.45) is 0 Å². The van der Waals surface area contributed by atoms with Crippen molar-refractivity contribution in [3.05, 3.63) is 133 Å². The van der Waals surface area contributed by atoms with Gasteiger partial charge in [-0.1, -0.05) is 119 Å². The van der Waals surface area contributed by atoms with Gasteiger partial charge in [0.1, 0.15) is 25.1 Å². The number of fused-ring (bicyclic) bond motifs is 2. The highest BCUT2D eigenvalue weighted by Crippen LogP contribution is 2.43. The van der Waals surface area contributed by atoms with E-state index in [1.54, 1.807) is 10.7 Å². The van der Waals surface area contributed by atoms with Crippen molar-refractivity contribution in [2.45, 2.75) is 146 Å². The molecule has 2 fully saturated rings. The van der Waals surface area contributed by atoms with E-state index in [-0.39, 0.29) is 24.2 Å². The van der Waals surface area contributed by atoms with Crippen LogP contribution in [0.3, 0.4) is 0 Å². The van der Waals surface area contributed by atoms with Crippen molar-refractivity contribution in [1.29, 1.82) is 0 Å². The first-order valence-electron chi connectivity index (χ1n) is 29.1. The van der Waals surface area contributed by atoms with Crippen LogP contribution in [0.25, 0.3) is 56.1 Å². The van der Waals surface area contributed by atoms with Gasteiger partial charge in [-0.05, 0) is 88.9 Å². The first-order valence-corrected chi connectivity index (χ1v) is 37.2. The average Bonchev–Trinajstić information content (AvgIpc) is 2.33. The summed E-state index contributed by atoms with van der Waals surface area (Å²) in [6, 6.07) is 32.6. The van der Waals surface area contributed by atoms with E-state index in [1.807, 2.05) is 96.8 Å². The number of Topliss-reactive ketones (excluding diaryl/α,β-unsaturated/α-hetero) is 1. The number of aromatic nitrogens is 8. The number of carbonyl (C=O) groups is 1. The van der Waals surface area contributed by atoms with Crippen LogP contribution in [0.5, 0.6) is 0 Å². The Labute approximate surface area is 498 Å². The Hall–Kier alpha value is -6.70. The van der Waals surface area contributed by atoms with Gasteiger partial charge in [-0.25, -0.2) is 9.97 Å². The van der Waals surface area contributed by atoms with Gasteiger partial charge in [-0.2, -0.15) is 27.6 Å². The standard InChI is InChI=1S/C36H53N5O4Si2.C27H29N5O2.O2S/c1-46(2,3)20-18-44-26-40(27-45-19-21-47(4,5)6)34-22-33(29-14-16-36(43,25-42)17-15-29)39-35-31(24-38-41(34)35)30-12-13-32(37-23-30)28-10-8-7-9-11-28;1-3-27(34)13-11-19(12-14-27)24-23(17(2)33)25(28)32-26(31-24)21(16-30-32)20-9-10-22(29-15-20)18-7-5-4-6-8-18;1-3-2/h7-13,22-24,29,42-43H,14-21,25-27H2,1-6H3;4-10,15-16,19,34H,3,11-14,28H2,1-2H3;. The van der Waals surface area contributed by atoms with Gasteiger partial charge in [-0.15, -0.1) is 0 Å². The molecule has 0 radical (unpaired) electrons. The van der Waals surface area contributed by atoms with Crippen LogP contribution in [0.1, 0.15) is 105 Å². The van der Waals surface area contributed by atoms with Crippen molar-refractivity contribution in [3.63, 3.8) is 0 Å². The number of hydrogen-bond donors (Lipinski definition) is 4. The Morgan fingerprint density at radius 3 is 1.57 bits per heavy atom. The largest absolute Gasteiger partial charge is 0.393 e. The maximum absolute atomic E-state index is 12.6. The van der Waals surface area contributed by atoms with E-state index < -0.39 is 38.9 Å². The van der Waals surface area contributed by atoms with Crippen molar-refractivity contribution < 1.29 is 38.0 Å². The molecule has 0 atom stereocenters. The number of nitrogens with zero attached hydrogens (tertiary/aromatic N) is 9. The summed E-state index contributed by atoms with van der Waals surface area (Å²) in [7, 11) is -2.51. The molecule has 8 aromatic rings. The normalized spacial score (nSPS) is 19.0. The summed E-state index contributed by atoms with van der Waals surface area (Å²) in [5.74, 6) is 1.27. The van der Waals surface area contributed by atoms with Crippen LogP contribution >= 0.6 is 0 Å². The molecule has 5 N–H and O–H groups in total. The summed E-state index contributed by atoms with van der Waals surface area (Å²) < 4.78 is 32.6. The van der Waals surface area contributed by atoms with Crippen LogP contribution in [0.2, 0.25) is 51.4 Å². The zero-order chi connectivity index (χ0) is 60.2. The number of anilines is 2.